The molecule has 1 aliphatic heterocycles. The van der Waals surface area contributed by atoms with Crippen molar-refractivity contribution in [2.45, 2.75) is 44.3 Å². The van der Waals surface area contributed by atoms with E-state index in [1.807, 2.05) is 12.1 Å². The minimum Gasteiger partial charge on any atom is -0.464 e. The minimum absolute atomic E-state index is 0.106. The normalized spacial score (nSPS) is 18.8. The molecule has 4 rings (SSSR count). The number of hydrogen-bond acceptors (Lipinski definition) is 6. The van der Waals surface area contributed by atoms with Crippen LogP contribution in [0.5, 0.6) is 0 Å². The molecule has 0 aliphatic carbocycles. The molecular formula is C26H30N4O5S. The summed E-state index contributed by atoms with van der Waals surface area (Å²) in [5.74, 6) is -0.270. The van der Waals surface area contributed by atoms with Crippen LogP contribution in [0.3, 0.4) is 0 Å². The van der Waals surface area contributed by atoms with E-state index in [9.17, 15) is 18.0 Å². The SMILES string of the molecule is CC(C)C(=O)N1C(C)CN(S(=O)(=O)c2ccccc2)CC1C(=O)NCc1ccc(-c2ccco2)cn1. The van der Waals surface area contributed by atoms with Gasteiger partial charge in [-0.15, -0.1) is 0 Å². The Morgan fingerprint density at radius 3 is 2.44 bits per heavy atom. The fraction of sp³-hybridized carbons (Fsp3) is 0.346. The van der Waals surface area contributed by atoms with Crippen molar-refractivity contribution < 1.29 is 22.4 Å². The average Bonchev–Trinajstić information content (AvgIpc) is 3.42. The Morgan fingerprint density at radius 2 is 1.83 bits per heavy atom. The van der Waals surface area contributed by atoms with Gasteiger partial charge in [0.2, 0.25) is 21.8 Å². The third-order valence-corrected chi connectivity index (χ3v) is 8.01. The molecule has 2 amide bonds. The highest BCUT2D eigenvalue weighted by atomic mass is 32.2. The van der Waals surface area contributed by atoms with Crippen LogP contribution in [0.15, 0.2) is 76.4 Å². The van der Waals surface area contributed by atoms with E-state index in [2.05, 4.69) is 10.3 Å². The van der Waals surface area contributed by atoms with Crippen molar-refractivity contribution in [3.05, 3.63) is 72.8 Å². The molecule has 1 saturated heterocycles. The fourth-order valence-electron chi connectivity index (χ4n) is 4.27. The number of hydrogen-bond donors (Lipinski definition) is 1. The molecule has 2 atom stereocenters. The van der Waals surface area contributed by atoms with Gasteiger partial charge in [0.05, 0.1) is 23.4 Å². The maximum Gasteiger partial charge on any atom is 0.244 e. The van der Waals surface area contributed by atoms with Gasteiger partial charge in [0.25, 0.3) is 0 Å². The van der Waals surface area contributed by atoms with Gasteiger partial charge in [-0.05, 0) is 43.3 Å². The van der Waals surface area contributed by atoms with E-state index in [1.54, 1.807) is 63.6 Å². The first-order chi connectivity index (χ1) is 17.2. The van der Waals surface area contributed by atoms with Crippen LogP contribution in [0.1, 0.15) is 26.5 Å². The van der Waals surface area contributed by atoms with Gasteiger partial charge in [-0.2, -0.15) is 4.31 Å². The summed E-state index contributed by atoms with van der Waals surface area (Å²) in [4.78, 5) is 32.4. The van der Waals surface area contributed by atoms with Crippen LogP contribution in [-0.4, -0.2) is 59.6 Å². The second-order valence-electron chi connectivity index (χ2n) is 9.13. The van der Waals surface area contributed by atoms with Crippen LogP contribution >= 0.6 is 0 Å². The van der Waals surface area contributed by atoms with E-state index >= 15 is 0 Å². The van der Waals surface area contributed by atoms with Crippen molar-refractivity contribution in [1.82, 2.24) is 19.5 Å². The first kappa shape index (κ1) is 25.6. The lowest BCUT2D eigenvalue weighted by Gasteiger charge is -2.44. The predicted octanol–water partition coefficient (Wildman–Crippen LogP) is 2.90. The van der Waals surface area contributed by atoms with E-state index in [0.717, 1.165) is 5.56 Å². The van der Waals surface area contributed by atoms with Crippen molar-refractivity contribution >= 4 is 21.8 Å². The third-order valence-electron chi connectivity index (χ3n) is 6.16. The molecule has 0 radical (unpaired) electrons. The number of carbonyl (C=O) groups is 2. The molecule has 0 bridgehead atoms. The Labute approximate surface area is 211 Å². The summed E-state index contributed by atoms with van der Waals surface area (Å²) in [6, 6.07) is 13.9. The van der Waals surface area contributed by atoms with Gasteiger partial charge in [0, 0.05) is 36.8 Å². The number of pyridine rings is 1. The Bertz CT molecular complexity index is 1290. The maximum atomic E-state index is 13.3. The summed E-state index contributed by atoms with van der Waals surface area (Å²) in [7, 11) is -3.83. The number of nitrogens with one attached hydrogen (secondary N) is 1. The number of carbonyl (C=O) groups excluding carboxylic acids is 2. The summed E-state index contributed by atoms with van der Waals surface area (Å²) in [6.45, 7) is 5.41. The number of aromatic nitrogens is 1. The Balaban J connectivity index is 1.53. The van der Waals surface area contributed by atoms with Gasteiger partial charge in [0.15, 0.2) is 0 Å². The van der Waals surface area contributed by atoms with E-state index in [-0.39, 0.29) is 36.4 Å². The van der Waals surface area contributed by atoms with E-state index in [0.29, 0.717) is 11.5 Å². The fourth-order valence-corrected chi connectivity index (χ4v) is 5.82. The van der Waals surface area contributed by atoms with Crippen molar-refractivity contribution in [1.29, 1.82) is 0 Å². The first-order valence-corrected chi connectivity index (χ1v) is 13.3. The summed E-state index contributed by atoms with van der Waals surface area (Å²) in [6.07, 6.45) is 3.24. The molecule has 36 heavy (non-hydrogen) atoms. The average molecular weight is 511 g/mol. The summed E-state index contributed by atoms with van der Waals surface area (Å²) in [5, 5.41) is 2.84. The number of nitrogens with zero attached hydrogens (tertiary/aromatic N) is 3. The van der Waals surface area contributed by atoms with Crippen molar-refractivity contribution in [2.75, 3.05) is 13.1 Å². The van der Waals surface area contributed by atoms with Gasteiger partial charge in [-0.3, -0.25) is 14.6 Å². The number of benzene rings is 1. The highest BCUT2D eigenvalue weighted by Crippen LogP contribution is 2.25. The molecule has 190 valence electrons. The molecule has 2 aromatic heterocycles. The third kappa shape index (κ3) is 5.34. The van der Waals surface area contributed by atoms with Crippen molar-refractivity contribution in [3.8, 4) is 11.3 Å². The molecule has 1 N–H and O–H groups in total. The summed E-state index contributed by atoms with van der Waals surface area (Å²) < 4.78 is 33.2. The number of piperazine rings is 1. The number of amides is 2. The molecule has 9 nitrogen and oxygen atoms in total. The first-order valence-electron chi connectivity index (χ1n) is 11.8. The van der Waals surface area contributed by atoms with Gasteiger partial charge < -0.3 is 14.6 Å². The summed E-state index contributed by atoms with van der Waals surface area (Å²) >= 11 is 0. The standard InChI is InChI=1S/C26H30N4O5S/c1-18(2)26(32)30-19(3)16-29(36(33,34)22-8-5-4-6-9-22)17-23(30)25(31)28-15-21-12-11-20(14-27-21)24-10-7-13-35-24/h4-14,18-19,23H,15-17H2,1-3H3,(H,28,31). The second-order valence-corrected chi connectivity index (χ2v) is 11.1. The monoisotopic (exact) mass is 510 g/mol. The highest BCUT2D eigenvalue weighted by molar-refractivity contribution is 7.89. The Kier molecular flexibility index (Phi) is 7.56. The Hall–Kier alpha value is -3.50. The number of sulfonamides is 1. The molecule has 10 heteroatoms. The van der Waals surface area contributed by atoms with E-state index in [1.165, 1.54) is 21.3 Å². The van der Waals surface area contributed by atoms with E-state index < -0.39 is 28.0 Å². The van der Waals surface area contributed by atoms with Gasteiger partial charge in [-0.25, -0.2) is 8.42 Å². The quantitative estimate of drug-likeness (QED) is 0.523. The molecule has 1 aromatic carbocycles. The molecule has 3 heterocycles. The highest BCUT2D eigenvalue weighted by Gasteiger charge is 2.43. The molecule has 0 spiro atoms. The zero-order chi connectivity index (χ0) is 25.9. The number of furan rings is 1. The Morgan fingerprint density at radius 1 is 1.08 bits per heavy atom. The predicted molar refractivity (Wildman–Crippen MR) is 134 cm³/mol. The van der Waals surface area contributed by atoms with Crippen LogP contribution in [0.4, 0.5) is 0 Å². The summed E-state index contributed by atoms with van der Waals surface area (Å²) in [5.41, 5.74) is 1.43. The number of rotatable bonds is 7. The van der Waals surface area contributed by atoms with Crippen LogP contribution in [-0.2, 0) is 26.2 Å². The molecule has 1 fully saturated rings. The molecule has 1 aliphatic rings. The van der Waals surface area contributed by atoms with Crippen molar-refractivity contribution in [3.63, 3.8) is 0 Å². The minimum atomic E-state index is -3.83. The van der Waals surface area contributed by atoms with Crippen molar-refractivity contribution in [2.24, 2.45) is 5.92 Å². The van der Waals surface area contributed by atoms with Crippen LogP contribution in [0.2, 0.25) is 0 Å². The maximum absolute atomic E-state index is 13.3. The zero-order valence-corrected chi connectivity index (χ0v) is 21.3. The molecule has 3 aromatic rings. The van der Waals surface area contributed by atoms with E-state index in [4.69, 9.17) is 4.42 Å². The molecule has 0 saturated carbocycles. The molecular weight excluding hydrogens is 480 g/mol. The van der Waals surface area contributed by atoms with Crippen LogP contribution in [0.25, 0.3) is 11.3 Å². The largest absolute Gasteiger partial charge is 0.464 e. The topological polar surface area (TPSA) is 113 Å². The van der Waals surface area contributed by atoms with Gasteiger partial charge in [0.1, 0.15) is 11.8 Å². The lowest BCUT2D eigenvalue weighted by molar-refractivity contribution is -0.148. The van der Waals surface area contributed by atoms with Gasteiger partial charge >= 0.3 is 0 Å². The molecule has 2 unspecified atom stereocenters. The van der Waals surface area contributed by atoms with Crippen LogP contribution in [0, 0.1) is 5.92 Å². The lowest BCUT2D eigenvalue weighted by atomic mass is 10.0. The second kappa shape index (κ2) is 10.6. The smallest absolute Gasteiger partial charge is 0.244 e. The zero-order valence-electron chi connectivity index (χ0n) is 20.5. The lowest BCUT2D eigenvalue weighted by Crippen LogP contribution is -2.65. The van der Waals surface area contributed by atoms with Crippen LogP contribution < -0.4 is 5.32 Å². The van der Waals surface area contributed by atoms with Gasteiger partial charge in [-0.1, -0.05) is 32.0 Å².